The molecule has 0 bridgehead atoms. The van der Waals surface area contributed by atoms with Crippen LogP contribution in [-0.4, -0.2) is 61.6 Å². The van der Waals surface area contributed by atoms with Gasteiger partial charge in [0.25, 0.3) is 10.0 Å². The highest BCUT2D eigenvalue weighted by Gasteiger charge is 2.80. The Hall–Kier alpha value is -0.690. The molecule has 0 aromatic rings. The van der Waals surface area contributed by atoms with Crippen molar-refractivity contribution >= 4 is 10.0 Å². The Morgan fingerprint density at radius 2 is 1.50 bits per heavy atom. The minimum atomic E-state index is -6.85. The molecule has 13 heteroatoms. The maximum atomic E-state index is 13.1. The standard InChI is InChI=1S/C7H9F8NO3S/c1-16(2-3-17)20(18,19)7(14,15)6(12,13)5(10,11)4(8)9/h4,17H,2-3H2,1H3. The van der Waals surface area contributed by atoms with Gasteiger partial charge in [-0.2, -0.15) is 30.6 Å². The first kappa shape index (κ1) is 19.3. The molecule has 0 aliphatic heterocycles. The van der Waals surface area contributed by atoms with Gasteiger partial charge in [-0.3, -0.25) is 0 Å². The predicted octanol–water partition coefficient (Wildman–Crippen LogP) is 1.37. The number of halogens is 8. The van der Waals surface area contributed by atoms with Crippen LogP contribution >= 0.6 is 0 Å². The van der Waals surface area contributed by atoms with Crippen LogP contribution < -0.4 is 0 Å². The SMILES string of the molecule is CN(CCO)S(=O)(=O)C(F)(F)C(F)(F)C(F)(F)C(F)F. The normalized spacial score (nSPS) is 15.2. The van der Waals surface area contributed by atoms with Crippen molar-refractivity contribution in [1.82, 2.24) is 4.31 Å². The molecule has 0 saturated heterocycles. The van der Waals surface area contributed by atoms with Crippen LogP contribution in [0.3, 0.4) is 0 Å². The summed E-state index contributed by atoms with van der Waals surface area (Å²) in [7, 11) is -6.11. The molecule has 1 N–H and O–H groups in total. The number of sulfonamides is 1. The summed E-state index contributed by atoms with van der Waals surface area (Å²) < 4.78 is 122. The molecular formula is C7H9F8NO3S. The molecule has 0 fully saturated rings. The average molecular weight is 339 g/mol. The van der Waals surface area contributed by atoms with Gasteiger partial charge in [0, 0.05) is 13.6 Å². The second kappa shape index (κ2) is 5.60. The van der Waals surface area contributed by atoms with Crippen LogP contribution in [0, 0.1) is 0 Å². The van der Waals surface area contributed by atoms with E-state index in [1.807, 2.05) is 0 Å². The van der Waals surface area contributed by atoms with E-state index in [-0.39, 0.29) is 7.05 Å². The monoisotopic (exact) mass is 339 g/mol. The summed E-state index contributed by atoms with van der Waals surface area (Å²) in [6, 6.07) is 0. The molecule has 0 atom stereocenters. The zero-order chi connectivity index (χ0) is 16.6. The van der Waals surface area contributed by atoms with E-state index in [9.17, 15) is 43.5 Å². The van der Waals surface area contributed by atoms with Gasteiger partial charge in [-0.25, -0.2) is 17.2 Å². The van der Waals surface area contributed by atoms with Gasteiger partial charge in [-0.15, -0.1) is 0 Å². The van der Waals surface area contributed by atoms with Crippen molar-refractivity contribution in [2.45, 2.75) is 23.5 Å². The highest BCUT2D eigenvalue weighted by atomic mass is 32.2. The minimum absolute atomic E-state index is 0.288. The van der Waals surface area contributed by atoms with E-state index in [2.05, 4.69) is 0 Å². The van der Waals surface area contributed by atoms with E-state index in [1.165, 1.54) is 0 Å². The molecule has 0 aliphatic rings. The molecule has 0 aromatic heterocycles. The summed E-state index contributed by atoms with van der Waals surface area (Å²) >= 11 is 0. The number of rotatable bonds is 7. The molecular weight excluding hydrogens is 330 g/mol. The molecule has 0 heterocycles. The van der Waals surface area contributed by atoms with Crippen molar-refractivity contribution in [3.05, 3.63) is 0 Å². The van der Waals surface area contributed by atoms with Crippen LogP contribution in [0.1, 0.15) is 0 Å². The first-order valence-electron chi connectivity index (χ1n) is 4.66. The number of aliphatic hydroxyl groups excluding tert-OH is 1. The molecule has 0 saturated carbocycles. The topological polar surface area (TPSA) is 57.6 Å². The van der Waals surface area contributed by atoms with Gasteiger partial charge in [0.15, 0.2) is 0 Å². The van der Waals surface area contributed by atoms with E-state index in [4.69, 9.17) is 5.11 Å². The molecule has 0 amide bonds. The van der Waals surface area contributed by atoms with Crippen LogP contribution in [0.5, 0.6) is 0 Å². The Morgan fingerprint density at radius 3 is 1.80 bits per heavy atom. The Kier molecular flexibility index (Phi) is 5.40. The maximum Gasteiger partial charge on any atom is 0.427 e. The van der Waals surface area contributed by atoms with Gasteiger partial charge in [0.2, 0.25) is 0 Å². The molecule has 4 nitrogen and oxygen atoms in total. The second-order valence-electron chi connectivity index (χ2n) is 3.57. The zero-order valence-corrected chi connectivity index (χ0v) is 10.5. The number of likely N-dealkylation sites (N-methyl/N-ethyl adjacent to an activating group) is 1. The van der Waals surface area contributed by atoms with Gasteiger partial charge < -0.3 is 5.11 Å². The summed E-state index contributed by atoms with van der Waals surface area (Å²) in [6.07, 6.45) is -5.21. The number of hydrogen-bond acceptors (Lipinski definition) is 3. The highest BCUT2D eigenvalue weighted by Crippen LogP contribution is 2.51. The number of nitrogens with zero attached hydrogens (tertiary/aromatic N) is 1. The first-order valence-corrected chi connectivity index (χ1v) is 6.10. The van der Waals surface area contributed by atoms with Crippen molar-refractivity contribution in [2.24, 2.45) is 0 Å². The fourth-order valence-corrected chi connectivity index (χ4v) is 2.12. The molecule has 0 aliphatic carbocycles. The highest BCUT2D eigenvalue weighted by molar-refractivity contribution is 7.90. The molecule has 0 rings (SSSR count). The van der Waals surface area contributed by atoms with E-state index in [0.29, 0.717) is 0 Å². The molecule has 20 heavy (non-hydrogen) atoms. The van der Waals surface area contributed by atoms with Crippen molar-refractivity contribution < 1.29 is 48.6 Å². The third kappa shape index (κ3) is 2.70. The second-order valence-corrected chi connectivity index (χ2v) is 5.65. The Morgan fingerprint density at radius 1 is 1.10 bits per heavy atom. The van der Waals surface area contributed by atoms with Gasteiger partial charge in [0.1, 0.15) is 0 Å². The average Bonchev–Trinajstić information content (AvgIpc) is 2.28. The molecule has 0 aromatic carbocycles. The summed E-state index contributed by atoms with van der Waals surface area (Å²) in [6.45, 7) is -2.20. The van der Waals surface area contributed by atoms with Gasteiger partial charge in [-0.05, 0) is 0 Å². The van der Waals surface area contributed by atoms with Crippen molar-refractivity contribution in [3.8, 4) is 0 Å². The maximum absolute atomic E-state index is 13.1. The molecule has 122 valence electrons. The van der Waals surface area contributed by atoms with Crippen molar-refractivity contribution in [1.29, 1.82) is 0 Å². The Balaban J connectivity index is 5.86. The number of alkyl halides is 8. The third-order valence-electron chi connectivity index (χ3n) is 2.21. The third-order valence-corrected chi connectivity index (χ3v) is 4.11. The van der Waals surface area contributed by atoms with E-state index < -0.39 is 51.0 Å². The lowest BCUT2D eigenvalue weighted by atomic mass is 10.2. The number of hydrogen-bond donors (Lipinski definition) is 1. The van der Waals surface area contributed by atoms with Crippen LogP contribution in [0.25, 0.3) is 0 Å². The number of aliphatic hydroxyl groups is 1. The van der Waals surface area contributed by atoms with Gasteiger partial charge in [0.05, 0.1) is 6.61 Å². The first-order chi connectivity index (χ1) is 8.67. The van der Waals surface area contributed by atoms with Crippen molar-refractivity contribution in [3.63, 3.8) is 0 Å². The summed E-state index contributed by atoms with van der Waals surface area (Å²) in [5.74, 6) is -13.4. The largest absolute Gasteiger partial charge is 0.427 e. The zero-order valence-electron chi connectivity index (χ0n) is 9.63. The molecule has 0 radical (unpaired) electrons. The van der Waals surface area contributed by atoms with Gasteiger partial charge in [-0.1, -0.05) is 0 Å². The molecule has 0 unspecified atom stereocenters. The molecule has 0 spiro atoms. The lowest BCUT2D eigenvalue weighted by Gasteiger charge is -2.33. The van der Waals surface area contributed by atoms with E-state index in [0.717, 1.165) is 0 Å². The van der Waals surface area contributed by atoms with E-state index in [1.54, 1.807) is 0 Å². The summed E-state index contributed by atoms with van der Waals surface area (Å²) in [5.41, 5.74) is 0. The fourth-order valence-electron chi connectivity index (χ4n) is 0.950. The lowest BCUT2D eigenvalue weighted by molar-refractivity contribution is -0.315. The summed E-state index contributed by atoms with van der Waals surface area (Å²) in [4.78, 5) is 0. The van der Waals surface area contributed by atoms with Crippen LogP contribution in [0.15, 0.2) is 0 Å². The Labute approximate surface area is 108 Å². The Bertz CT molecular complexity index is 437. The van der Waals surface area contributed by atoms with Gasteiger partial charge >= 0.3 is 23.5 Å². The van der Waals surface area contributed by atoms with Crippen LogP contribution in [0.2, 0.25) is 0 Å². The summed E-state index contributed by atoms with van der Waals surface area (Å²) in [5, 5.41) is 1.81. The fraction of sp³-hybridized carbons (Fsp3) is 1.00. The minimum Gasteiger partial charge on any atom is -0.395 e. The van der Waals surface area contributed by atoms with E-state index >= 15 is 0 Å². The predicted molar refractivity (Wildman–Crippen MR) is 49.5 cm³/mol. The van der Waals surface area contributed by atoms with Crippen molar-refractivity contribution in [2.75, 3.05) is 20.2 Å². The smallest absolute Gasteiger partial charge is 0.395 e. The van der Waals surface area contributed by atoms with Crippen LogP contribution in [-0.2, 0) is 10.0 Å². The quantitative estimate of drug-likeness (QED) is 0.713. The van der Waals surface area contributed by atoms with Crippen LogP contribution in [0.4, 0.5) is 35.1 Å². The lowest BCUT2D eigenvalue weighted by Crippen LogP contribution is -2.62.